The lowest BCUT2D eigenvalue weighted by Gasteiger charge is -2.28. The van der Waals surface area contributed by atoms with Gasteiger partial charge in [-0.25, -0.2) is 4.39 Å². The zero-order valence-corrected chi connectivity index (χ0v) is 14.5. The van der Waals surface area contributed by atoms with Crippen molar-refractivity contribution in [2.24, 2.45) is 5.92 Å². The van der Waals surface area contributed by atoms with Crippen LogP contribution in [0.2, 0.25) is 0 Å². The topological polar surface area (TPSA) is 38.3 Å². The Labute approximate surface area is 148 Å². The number of halogens is 1. The van der Waals surface area contributed by atoms with Crippen LogP contribution in [0.1, 0.15) is 43.6 Å². The number of benzene rings is 2. The Bertz CT molecular complexity index is 709. The van der Waals surface area contributed by atoms with Gasteiger partial charge in [0.1, 0.15) is 0 Å². The Kier molecular flexibility index (Phi) is 5.69. The normalized spacial score (nSPS) is 20.1. The van der Waals surface area contributed by atoms with Crippen LogP contribution in [0.3, 0.4) is 0 Å². The summed E-state index contributed by atoms with van der Waals surface area (Å²) in [6.45, 7) is 0. The van der Waals surface area contributed by atoms with Gasteiger partial charge in [-0.15, -0.1) is 0 Å². The van der Waals surface area contributed by atoms with Crippen molar-refractivity contribution >= 4 is 11.6 Å². The average Bonchev–Trinajstić information content (AvgIpc) is 2.63. The van der Waals surface area contributed by atoms with Crippen molar-refractivity contribution in [3.8, 4) is 5.75 Å². The van der Waals surface area contributed by atoms with Gasteiger partial charge < -0.3 is 10.1 Å². The van der Waals surface area contributed by atoms with Gasteiger partial charge in [-0.05, 0) is 55.2 Å². The maximum atomic E-state index is 13.7. The number of amides is 1. The van der Waals surface area contributed by atoms with E-state index in [9.17, 15) is 9.18 Å². The van der Waals surface area contributed by atoms with E-state index in [1.807, 2.05) is 6.07 Å². The molecule has 0 atom stereocenters. The maximum absolute atomic E-state index is 13.7. The second-order valence-electron chi connectivity index (χ2n) is 6.73. The molecule has 0 aromatic heterocycles. The van der Waals surface area contributed by atoms with Crippen molar-refractivity contribution < 1.29 is 13.9 Å². The summed E-state index contributed by atoms with van der Waals surface area (Å²) in [4.78, 5) is 12.2. The standard InChI is InChI=1S/C21H24FNO2/c1-25-20-12-11-18(14-19(20)22)23-21(24)13-15-7-9-17(10-8-15)16-5-3-2-4-6-16/h2-6,11-12,14-15,17H,7-10,13H2,1H3,(H,23,24)/t15-,17+. The molecule has 25 heavy (non-hydrogen) atoms. The zero-order valence-electron chi connectivity index (χ0n) is 14.5. The van der Waals surface area contributed by atoms with Gasteiger partial charge in [0, 0.05) is 18.2 Å². The van der Waals surface area contributed by atoms with E-state index in [0.717, 1.165) is 25.7 Å². The molecule has 0 radical (unpaired) electrons. The number of methoxy groups -OCH3 is 1. The highest BCUT2D eigenvalue weighted by molar-refractivity contribution is 5.90. The summed E-state index contributed by atoms with van der Waals surface area (Å²) < 4.78 is 18.6. The van der Waals surface area contributed by atoms with Gasteiger partial charge in [-0.2, -0.15) is 0 Å². The molecule has 1 amide bonds. The molecule has 0 heterocycles. The quantitative estimate of drug-likeness (QED) is 0.818. The van der Waals surface area contributed by atoms with Crippen LogP contribution in [0.15, 0.2) is 48.5 Å². The van der Waals surface area contributed by atoms with Crippen LogP contribution < -0.4 is 10.1 Å². The highest BCUT2D eigenvalue weighted by Gasteiger charge is 2.24. The Morgan fingerprint density at radius 3 is 2.48 bits per heavy atom. The van der Waals surface area contributed by atoms with E-state index >= 15 is 0 Å². The SMILES string of the molecule is COc1ccc(NC(=O)C[C@H]2CC[C@@H](c3ccccc3)CC2)cc1F. The Morgan fingerprint density at radius 2 is 1.84 bits per heavy atom. The summed E-state index contributed by atoms with van der Waals surface area (Å²) in [5.74, 6) is 0.674. The van der Waals surface area contributed by atoms with E-state index in [1.165, 1.54) is 24.8 Å². The van der Waals surface area contributed by atoms with E-state index in [1.54, 1.807) is 6.07 Å². The highest BCUT2D eigenvalue weighted by Crippen LogP contribution is 2.37. The number of ether oxygens (including phenoxy) is 1. The molecule has 1 aliphatic rings. The van der Waals surface area contributed by atoms with Gasteiger partial charge in [-0.3, -0.25) is 4.79 Å². The third-order valence-electron chi connectivity index (χ3n) is 5.03. The fourth-order valence-electron chi connectivity index (χ4n) is 3.64. The van der Waals surface area contributed by atoms with Crippen molar-refractivity contribution in [1.82, 2.24) is 0 Å². The van der Waals surface area contributed by atoms with Crippen molar-refractivity contribution in [2.75, 3.05) is 12.4 Å². The van der Waals surface area contributed by atoms with E-state index in [-0.39, 0.29) is 11.7 Å². The maximum Gasteiger partial charge on any atom is 0.224 e. The first kappa shape index (κ1) is 17.5. The minimum atomic E-state index is -0.469. The van der Waals surface area contributed by atoms with Crippen molar-refractivity contribution in [1.29, 1.82) is 0 Å². The lowest BCUT2D eigenvalue weighted by atomic mass is 9.77. The second-order valence-corrected chi connectivity index (χ2v) is 6.73. The van der Waals surface area contributed by atoms with Crippen LogP contribution in [0, 0.1) is 11.7 Å². The van der Waals surface area contributed by atoms with Gasteiger partial charge in [0.2, 0.25) is 5.91 Å². The Balaban J connectivity index is 1.49. The fourth-order valence-corrected chi connectivity index (χ4v) is 3.64. The third kappa shape index (κ3) is 4.59. The minimum absolute atomic E-state index is 0.0484. The molecule has 1 aliphatic carbocycles. The average molecular weight is 341 g/mol. The summed E-state index contributed by atoms with van der Waals surface area (Å²) in [5, 5.41) is 2.79. The number of rotatable bonds is 5. The fraction of sp³-hybridized carbons (Fsp3) is 0.381. The molecule has 132 valence electrons. The van der Waals surface area contributed by atoms with Gasteiger partial charge in [0.25, 0.3) is 0 Å². The molecular weight excluding hydrogens is 317 g/mol. The Morgan fingerprint density at radius 1 is 1.12 bits per heavy atom. The molecule has 1 saturated carbocycles. The van der Waals surface area contributed by atoms with E-state index in [4.69, 9.17) is 4.74 Å². The predicted molar refractivity (Wildman–Crippen MR) is 97.3 cm³/mol. The summed E-state index contributed by atoms with van der Waals surface area (Å²) >= 11 is 0. The van der Waals surface area contributed by atoms with Crippen LogP contribution in [0.25, 0.3) is 0 Å². The first-order valence-electron chi connectivity index (χ1n) is 8.84. The monoisotopic (exact) mass is 341 g/mol. The smallest absolute Gasteiger partial charge is 0.224 e. The lowest BCUT2D eigenvalue weighted by molar-refractivity contribution is -0.117. The number of carbonyl (C=O) groups is 1. The summed E-state index contributed by atoms with van der Waals surface area (Å²) in [6.07, 6.45) is 4.86. The number of anilines is 1. The molecule has 4 heteroatoms. The van der Waals surface area contributed by atoms with Gasteiger partial charge >= 0.3 is 0 Å². The number of carbonyl (C=O) groups excluding carboxylic acids is 1. The lowest BCUT2D eigenvalue weighted by Crippen LogP contribution is -2.20. The largest absolute Gasteiger partial charge is 0.494 e. The van der Waals surface area contributed by atoms with Gasteiger partial charge in [0.15, 0.2) is 11.6 Å². The van der Waals surface area contributed by atoms with Crippen LogP contribution >= 0.6 is 0 Å². The Hall–Kier alpha value is -2.36. The summed E-state index contributed by atoms with van der Waals surface area (Å²) in [5.41, 5.74) is 1.88. The van der Waals surface area contributed by atoms with Crippen molar-refractivity contribution in [2.45, 2.75) is 38.0 Å². The van der Waals surface area contributed by atoms with Crippen LogP contribution in [-0.4, -0.2) is 13.0 Å². The molecule has 0 unspecified atom stereocenters. The van der Waals surface area contributed by atoms with Crippen molar-refractivity contribution in [3.63, 3.8) is 0 Å². The van der Waals surface area contributed by atoms with Crippen LogP contribution in [0.5, 0.6) is 5.75 Å². The zero-order chi connectivity index (χ0) is 17.6. The van der Waals surface area contributed by atoms with Gasteiger partial charge in [-0.1, -0.05) is 30.3 Å². The number of nitrogens with one attached hydrogen (secondary N) is 1. The van der Waals surface area contributed by atoms with Crippen LogP contribution in [-0.2, 0) is 4.79 Å². The molecule has 2 aromatic rings. The molecule has 3 rings (SSSR count). The minimum Gasteiger partial charge on any atom is -0.494 e. The van der Waals surface area contributed by atoms with Gasteiger partial charge in [0.05, 0.1) is 7.11 Å². The predicted octanol–water partition coefficient (Wildman–Crippen LogP) is 5.14. The summed E-state index contributed by atoms with van der Waals surface area (Å²) in [6, 6.07) is 15.1. The molecule has 0 aliphatic heterocycles. The van der Waals surface area contributed by atoms with Crippen LogP contribution in [0.4, 0.5) is 10.1 Å². The highest BCUT2D eigenvalue weighted by atomic mass is 19.1. The van der Waals surface area contributed by atoms with Crippen molar-refractivity contribution in [3.05, 3.63) is 59.9 Å². The van der Waals surface area contributed by atoms with E-state index in [0.29, 0.717) is 23.9 Å². The molecule has 2 aromatic carbocycles. The second kappa shape index (κ2) is 8.15. The molecule has 1 N–H and O–H groups in total. The number of hydrogen-bond donors (Lipinski definition) is 1. The molecule has 0 spiro atoms. The molecule has 0 saturated heterocycles. The molecule has 3 nitrogen and oxygen atoms in total. The first-order valence-corrected chi connectivity index (χ1v) is 8.84. The summed E-state index contributed by atoms with van der Waals surface area (Å²) in [7, 11) is 1.42. The van der Waals surface area contributed by atoms with E-state index < -0.39 is 5.82 Å². The molecule has 0 bridgehead atoms. The van der Waals surface area contributed by atoms with E-state index in [2.05, 4.69) is 29.6 Å². The first-order chi connectivity index (χ1) is 12.2. The molecular formula is C21H24FNO2. The third-order valence-corrected chi connectivity index (χ3v) is 5.03. The molecule has 1 fully saturated rings. The number of hydrogen-bond acceptors (Lipinski definition) is 2.